The van der Waals surface area contributed by atoms with Crippen LogP contribution >= 0.6 is 0 Å². The lowest BCUT2D eigenvalue weighted by molar-refractivity contribution is -0.328. The van der Waals surface area contributed by atoms with Crippen molar-refractivity contribution in [3.05, 3.63) is 0 Å². The Morgan fingerprint density at radius 2 is 1.39 bits per heavy atom. The molecule has 0 aromatic heterocycles. The summed E-state index contributed by atoms with van der Waals surface area (Å²) >= 11 is 0. The van der Waals surface area contributed by atoms with Crippen LogP contribution in [0.3, 0.4) is 0 Å². The molecule has 0 spiro atoms. The van der Waals surface area contributed by atoms with Crippen molar-refractivity contribution in [1.82, 2.24) is 0 Å². The number of hydrogen-bond acceptors (Lipinski definition) is 8. The summed E-state index contributed by atoms with van der Waals surface area (Å²) in [7, 11) is 0. The highest BCUT2D eigenvalue weighted by Gasteiger charge is 2.47. The van der Waals surface area contributed by atoms with Gasteiger partial charge in [-0.25, -0.2) is 0 Å². The van der Waals surface area contributed by atoms with Crippen molar-refractivity contribution in [3.63, 3.8) is 0 Å². The summed E-state index contributed by atoms with van der Waals surface area (Å²) in [5.74, 6) is -0.815. The predicted octanol–water partition coefficient (Wildman–Crippen LogP) is -1.78. The van der Waals surface area contributed by atoms with E-state index in [0.717, 1.165) is 0 Å². The minimum absolute atomic E-state index is 0.308. The molecule has 8 heteroatoms. The Bertz CT molecular complexity index is 376. The number of hydrogen-bond donors (Lipinski definition) is 5. The van der Waals surface area contributed by atoms with Crippen LogP contribution in [0.4, 0.5) is 0 Å². The van der Waals surface area contributed by atoms with Gasteiger partial charge >= 0.3 is 0 Å². The van der Waals surface area contributed by atoms with E-state index in [1.54, 1.807) is 20.8 Å². The first-order valence-electron chi connectivity index (χ1n) is 8.04. The van der Waals surface area contributed by atoms with E-state index in [9.17, 15) is 25.5 Å². The molecule has 0 radical (unpaired) electrons. The van der Waals surface area contributed by atoms with E-state index in [2.05, 4.69) is 0 Å². The number of rotatable bonds is 4. The molecule has 0 bridgehead atoms. The SMILES string of the molecule is C[C@@H]1[C@@H](O)[C@H](C)O[C@H](CO)[C@H]1O[C@@H]1O[C@H](CO)[C@@H](C)[C@H](O)[C@H]1O. The van der Waals surface area contributed by atoms with Crippen LogP contribution in [-0.2, 0) is 14.2 Å². The van der Waals surface area contributed by atoms with Crippen LogP contribution in [0.5, 0.6) is 0 Å². The maximum Gasteiger partial charge on any atom is 0.186 e. The van der Waals surface area contributed by atoms with Gasteiger partial charge in [0.25, 0.3) is 0 Å². The molecule has 2 rings (SSSR count). The second-order valence-electron chi connectivity index (χ2n) is 6.58. The quantitative estimate of drug-likeness (QED) is 0.408. The van der Waals surface area contributed by atoms with Crippen molar-refractivity contribution in [2.24, 2.45) is 11.8 Å². The number of aliphatic hydroxyl groups is 5. The van der Waals surface area contributed by atoms with E-state index < -0.39 is 54.9 Å². The molecule has 8 nitrogen and oxygen atoms in total. The molecular weight excluding hydrogens is 308 g/mol. The Morgan fingerprint density at radius 3 is 1.96 bits per heavy atom. The molecule has 0 aromatic rings. The van der Waals surface area contributed by atoms with Gasteiger partial charge in [0.2, 0.25) is 0 Å². The first kappa shape index (κ1) is 19.0. The van der Waals surface area contributed by atoms with Gasteiger partial charge in [0.15, 0.2) is 6.29 Å². The highest BCUT2D eigenvalue weighted by atomic mass is 16.7. The van der Waals surface area contributed by atoms with Gasteiger partial charge in [-0.2, -0.15) is 0 Å². The average molecular weight is 336 g/mol. The Balaban J connectivity index is 2.11. The third-order valence-electron chi connectivity index (χ3n) is 5.01. The zero-order valence-electron chi connectivity index (χ0n) is 13.6. The Labute approximate surface area is 135 Å². The predicted molar refractivity (Wildman–Crippen MR) is 78.4 cm³/mol. The van der Waals surface area contributed by atoms with Crippen molar-refractivity contribution in [2.45, 2.75) is 69.8 Å². The summed E-state index contributed by atoms with van der Waals surface area (Å²) in [5, 5.41) is 49.2. The van der Waals surface area contributed by atoms with Crippen LogP contribution in [0.25, 0.3) is 0 Å². The molecule has 2 heterocycles. The van der Waals surface area contributed by atoms with Crippen molar-refractivity contribution in [2.75, 3.05) is 13.2 Å². The fraction of sp³-hybridized carbons (Fsp3) is 1.00. The number of aliphatic hydroxyl groups excluding tert-OH is 5. The molecule has 2 fully saturated rings. The molecule has 2 aliphatic rings. The molecular formula is C15H28O8. The van der Waals surface area contributed by atoms with Gasteiger partial charge in [-0.15, -0.1) is 0 Å². The summed E-state index contributed by atoms with van der Waals surface area (Å²) in [5.41, 5.74) is 0. The highest BCUT2D eigenvalue weighted by molar-refractivity contribution is 4.92. The Morgan fingerprint density at radius 1 is 0.783 bits per heavy atom. The van der Waals surface area contributed by atoms with Gasteiger partial charge < -0.3 is 39.7 Å². The smallest absolute Gasteiger partial charge is 0.186 e. The van der Waals surface area contributed by atoms with Gasteiger partial charge in [-0.1, -0.05) is 13.8 Å². The van der Waals surface area contributed by atoms with Crippen LogP contribution in [0.2, 0.25) is 0 Å². The average Bonchev–Trinajstić information content (AvgIpc) is 2.55. The fourth-order valence-corrected chi connectivity index (χ4v) is 3.30. The van der Waals surface area contributed by atoms with E-state index in [0.29, 0.717) is 0 Å². The minimum Gasteiger partial charge on any atom is -0.394 e. The van der Waals surface area contributed by atoms with Crippen molar-refractivity contribution in [3.8, 4) is 0 Å². The van der Waals surface area contributed by atoms with Gasteiger partial charge in [-0.05, 0) is 6.92 Å². The molecule has 23 heavy (non-hydrogen) atoms. The molecule has 0 aliphatic carbocycles. The second-order valence-corrected chi connectivity index (χ2v) is 6.58. The lowest BCUT2D eigenvalue weighted by Gasteiger charge is -2.46. The summed E-state index contributed by atoms with van der Waals surface area (Å²) in [6.07, 6.45) is -6.89. The zero-order chi connectivity index (χ0) is 17.3. The minimum atomic E-state index is -1.30. The van der Waals surface area contributed by atoms with Crippen molar-refractivity contribution < 1.29 is 39.7 Å². The first-order chi connectivity index (χ1) is 10.8. The molecule has 2 aliphatic heterocycles. The summed E-state index contributed by atoms with van der Waals surface area (Å²) in [6.45, 7) is 4.51. The summed E-state index contributed by atoms with van der Waals surface area (Å²) in [6, 6.07) is 0. The topological polar surface area (TPSA) is 129 Å². The van der Waals surface area contributed by atoms with E-state index in [1.807, 2.05) is 0 Å². The van der Waals surface area contributed by atoms with E-state index in [4.69, 9.17) is 14.2 Å². The zero-order valence-corrected chi connectivity index (χ0v) is 13.6. The van der Waals surface area contributed by atoms with Crippen LogP contribution in [0.1, 0.15) is 20.8 Å². The van der Waals surface area contributed by atoms with E-state index in [1.165, 1.54) is 0 Å². The summed E-state index contributed by atoms with van der Waals surface area (Å²) in [4.78, 5) is 0. The van der Waals surface area contributed by atoms with Crippen LogP contribution in [0.15, 0.2) is 0 Å². The maximum atomic E-state index is 10.2. The summed E-state index contributed by atoms with van der Waals surface area (Å²) < 4.78 is 16.8. The van der Waals surface area contributed by atoms with Gasteiger partial charge in [-0.3, -0.25) is 0 Å². The Hall–Kier alpha value is -0.320. The van der Waals surface area contributed by atoms with E-state index >= 15 is 0 Å². The highest BCUT2D eigenvalue weighted by Crippen LogP contribution is 2.33. The van der Waals surface area contributed by atoms with Crippen molar-refractivity contribution in [1.29, 1.82) is 0 Å². The molecule has 0 aromatic carbocycles. The molecule has 0 unspecified atom stereocenters. The van der Waals surface area contributed by atoms with Gasteiger partial charge in [0.1, 0.15) is 12.2 Å². The third kappa shape index (κ3) is 3.69. The van der Waals surface area contributed by atoms with Gasteiger partial charge in [0.05, 0.1) is 43.7 Å². The molecule has 2 saturated heterocycles. The molecule has 0 amide bonds. The van der Waals surface area contributed by atoms with Crippen LogP contribution < -0.4 is 0 Å². The molecule has 136 valence electrons. The van der Waals surface area contributed by atoms with Crippen molar-refractivity contribution >= 4 is 0 Å². The molecule has 5 N–H and O–H groups in total. The fourth-order valence-electron chi connectivity index (χ4n) is 3.30. The number of ether oxygens (including phenoxy) is 3. The standard InChI is InChI=1S/C15H28O8/c1-6-9(4-16)22-15(13(20)12(6)19)23-14-7(2)11(18)8(3)21-10(14)5-17/h6-20H,4-5H2,1-3H3/t6-,7-,8+,9-,10-,11-,12+,13-,14+,15+/m1/s1. The first-order valence-corrected chi connectivity index (χ1v) is 8.04. The largest absolute Gasteiger partial charge is 0.394 e. The lowest BCUT2D eigenvalue weighted by atomic mass is 9.87. The lowest BCUT2D eigenvalue weighted by Crippen LogP contribution is -2.60. The molecule has 0 saturated carbocycles. The normalized spacial score (nSPS) is 51.7. The monoisotopic (exact) mass is 336 g/mol. The second kappa shape index (κ2) is 7.71. The molecule has 10 atom stereocenters. The van der Waals surface area contributed by atoms with Crippen LogP contribution in [0, 0.1) is 11.8 Å². The Kier molecular flexibility index (Phi) is 6.37. The third-order valence-corrected chi connectivity index (χ3v) is 5.01. The van der Waals surface area contributed by atoms with Crippen LogP contribution in [-0.4, -0.2) is 87.8 Å². The maximum absolute atomic E-state index is 10.2. The van der Waals surface area contributed by atoms with E-state index in [-0.39, 0.29) is 19.1 Å². The van der Waals surface area contributed by atoms with Gasteiger partial charge in [0, 0.05) is 11.8 Å².